The Labute approximate surface area is 117 Å². The molecular weight excluding hydrogens is 268 g/mol. The molecule has 4 nitrogen and oxygen atoms in total. The third-order valence-electron chi connectivity index (χ3n) is 1.89. The standard InChI is InChI=1S/C12H18N2O2S2/c1-3-7-17-15-10-12(16-18-8-4-2)9-14-6-5-13-11-14/h3-6,11-12H,1-2,7-10H2. The van der Waals surface area contributed by atoms with Crippen molar-refractivity contribution in [2.75, 3.05) is 18.1 Å². The van der Waals surface area contributed by atoms with Gasteiger partial charge in [0.25, 0.3) is 0 Å². The topological polar surface area (TPSA) is 36.3 Å². The van der Waals surface area contributed by atoms with E-state index in [1.807, 2.05) is 22.9 Å². The molecule has 0 aliphatic rings. The van der Waals surface area contributed by atoms with E-state index < -0.39 is 0 Å². The molecule has 1 unspecified atom stereocenters. The highest BCUT2D eigenvalue weighted by atomic mass is 32.2. The van der Waals surface area contributed by atoms with E-state index in [4.69, 9.17) is 8.37 Å². The third-order valence-corrected chi connectivity index (χ3v) is 3.34. The summed E-state index contributed by atoms with van der Waals surface area (Å²) in [7, 11) is 0. The summed E-state index contributed by atoms with van der Waals surface area (Å²) < 4.78 is 13.1. The van der Waals surface area contributed by atoms with Gasteiger partial charge in [0.05, 0.1) is 19.5 Å². The highest BCUT2D eigenvalue weighted by Crippen LogP contribution is 2.13. The summed E-state index contributed by atoms with van der Waals surface area (Å²) in [6.07, 6.45) is 9.04. The Morgan fingerprint density at radius 3 is 2.72 bits per heavy atom. The van der Waals surface area contributed by atoms with Gasteiger partial charge in [-0.3, -0.25) is 0 Å². The predicted molar refractivity (Wildman–Crippen MR) is 78.4 cm³/mol. The van der Waals surface area contributed by atoms with Gasteiger partial charge in [-0.1, -0.05) is 12.2 Å². The Bertz CT molecular complexity index is 331. The van der Waals surface area contributed by atoms with Gasteiger partial charge in [-0.15, -0.1) is 13.2 Å². The predicted octanol–water partition coefficient (Wildman–Crippen LogP) is 2.95. The van der Waals surface area contributed by atoms with Crippen LogP contribution in [0.1, 0.15) is 0 Å². The van der Waals surface area contributed by atoms with Gasteiger partial charge >= 0.3 is 0 Å². The minimum Gasteiger partial charge on any atom is -0.335 e. The van der Waals surface area contributed by atoms with E-state index in [0.717, 1.165) is 18.1 Å². The molecule has 1 aromatic rings. The van der Waals surface area contributed by atoms with Crippen LogP contribution < -0.4 is 0 Å². The molecule has 0 radical (unpaired) electrons. The van der Waals surface area contributed by atoms with Crippen molar-refractivity contribution in [3.63, 3.8) is 0 Å². The minimum absolute atomic E-state index is 0.0125. The molecule has 0 N–H and O–H groups in total. The maximum absolute atomic E-state index is 5.67. The SMILES string of the molecule is C=CCSOCC(Cn1ccnc1)OSCC=C. The van der Waals surface area contributed by atoms with E-state index in [2.05, 4.69) is 18.1 Å². The van der Waals surface area contributed by atoms with Crippen LogP contribution in [0.3, 0.4) is 0 Å². The van der Waals surface area contributed by atoms with E-state index in [9.17, 15) is 0 Å². The maximum Gasteiger partial charge on any atom is 0.115 e. The Balaban J connectivity index is 2.30. The van der Waals surface area contributed by atoms with Crippen LogP contribution in [0.4, 0.5) is 0 Å². The second-order valence-corrected chi connectivity index (χ2v) is 4.97. The van der Waals surface area contributed by atoms with Crippen molar-refractivity contribution in [2.24, 2.45) is 0 Å². The summed E-state index contributed by atoms with van der Waals surface area (Å²) in [5.41, 5.74) is 0. The van der Waals surface area contributed by atoms with Crippen molar-refractivity contribution in [3.8, 4) is 0 Å². The zero-order valence-electron chi connectivity index (χ0n) is 10.2. The molecule has 6 heteroatoms. The first kappa shape index (κ1) is 15.4. The van der Waals surface area contributed by atoms with Gasteiger partial charge in [0.15, 0.2) is 0 Å². The monoisotopic (exact) mass is 286 g/mol. The van der Waals surface area contributed by atoms with Gasteiger partial charge in [-0.05, 0) is 24.1 Å². The van der Waals surface area contributed by atoms with Crippen LogP contribution in [0.25, 0.3) is 0 Å². The number of hydrogen-bond donors (Lipinski definition) is 0. The molecule has 0 saturated carbocycles. The Kier molecular flexibility index (Phi) is 8.75. The fraction of sp³-hybridized carbons (Fsp3) is 0.417. The first-order valence-electron chi connectivity index (χ1n) is 5.57. The average molecular weight is 286 g/mol. The van der Waals surface area contributed by atoms with E-state index in [0.29, 0.717) is 6.61 Å². The van der Waals surface area contributed by atoms with Crippen LogP contribution >= 0.6 is 24.1 Å². The largest absolute Gasteiger partial charge is 0.335 e. The van der Waals surface area contributed by atoms with Gasteiger partial charge in [0.1, 0.15) is 6.10 Å². The van der Waals surface area contributed by atoms with Crippen molar-refractivity contribution in [1.82, 2.24) is 9.55 Å². The van der Waals surface area contributed by atoms with Crippen molar-refractivity contribution in [1.29, 1.82) is 0 Å². The Morgan fingerprint density at radius 1 is 1.28 bits per heavy atom. The van der Waals surface area contributed by atoms with Crippen LogP contribution in [-0.2, 0) is 14.9 Å². The summed E-state index contributed by atoms with van der Waals surface area (Å²) in [4.78, 5) is 4.01. The number of aromatic nitrogens is 2. The normalized spacial score (nSPS) is 12.2. The van der Waals surface area contributed by atoms with Gasteiger partial charge in [0, 0.05) is 23.9 Å². The number of nitrogens with zero attached hydrogens (tertiary/aromatic N) is 2. The van der Waals surface area contributed by atoms with Crippen molar-refractivity contribution in [2.45, 2.75) is 12.6 Å². The molecule has 0 spiro atoms. The van der Waals surface area contributed by atoms with Gasteiger partial charge in [-0.2, -0.15) is 0 Å². The van der Waals surface area contributed by atoms with Crippen molar-refractivity contribution in [3.05, 3.63) is 44.0 Å². The quantitative estimate of drug-likeness (QED) is 0.355. The molecule has 0 fully saturated rings. The second kappa shape index (κ2) is 10.3. The fourth-order valence-electron chi connectivity index (χ4n) is 1.14. The summed E-state index contributed by atoms with van der Waals surface area (Å²) in [6.45, 7) is 8.55. The zero-order valence-corrected chi connectivity index (χ0v) is 11.9. The molecule has 0 saturated heterocycles. The molecule has 0 bridgehead atoms. The Morgan fingerprint density at radius 2 is 2.06 bits per heavy atom. The van der Waals surface area contributed by atoms with Crippen LogP contribution in [0, 0.1) is 0 Å². The van der Waals surface area contributed by atoms with Crippen LogP contribution in [0.15, 0.2) is 44.0 Å². The smallest absolute Gasteiger partial charge is 0.115 e. The molecule has 0 amide bonds. The number of hydrogen-bond acceptors (Lipinski definition) is 5. The van der Waals surface area contributed by atoms with Crippen LogP contribution in [0.5, 0.6) is 0 Å². The van der Waals surface area contributed by atoms with Crippen molar-refractivity contribution < 1.29 is 8.37 Å². The molecule has 1 rings (SSSR count). The fourth-order valence-corrected chi connectivity index (χ4v) is 2.07. The highest BCUT2D eigenvalue weighted by Gasteiger charge is 2.11. The lowest BCUT2D eigenvalue weighted by Crippen LogP contribution is -2.22. The molecule has 1 aromatic heterocycles. The first-order chi connectivity index (χ1) is 8.86. The lowest BCUT2D eigenvalue weighted by Gasteiger charge is -2.16. The van der Waals surface area contributed by atoms with E-state index in [1.54, 1.807) is 12.5 Å². The molecule has 100 valence electrons. The summed E-state index contributed by atoms with van der Waals surface area (Å²) in [5.74, 6) is 1.54. The van der Waals surface area contributed by atoms with Gasteiger partial charge in [-0.25, -0.2) is 4.98 Å². The summed E-state index contributed by atoms with van der Waals surface area (Å²) >= 11 is 2.77. The minimum atomic E-state index is -0.0125. The molecule has 0 aliphatic heterocycles. The van der Waals surface area contributed by atoms with Crippen molar-refractivity contribution >= 4 is 24.1 Å². The van der Waals surface area contributed by atoms with Gasteiger partial charge in [0.2, 0.25) is 0 Å². The number of imidazole rings is 1. The van der Waals surface area contributed by atoms with Crippen LogP contribution in [0.2, 0.25) is 0 Å². The van der Waals surface area contributed by atoms with Crippen LogP contribution in [-0.4, -0.2) is 33.8 Å². The third kappa shape index (κ3) is 6.90. The summed E-state index contributed by atoms with van der Waals surface area (Å²) in [5, 5.41) is 0. The number of rotatable bonds is 11. The molecule has 18 heavy (non-hydrogen) atoms. The van der Waals surface area contributed by atoms with Gasteiger partial charge < -0.3 is 12.9 Å². The maximum atomic E-state index is 5.67. The summed E-state index contributed by atoms with van der Waals surface area (Å²) in [6, 6.07) is 0. The van der Waals surface area contributed by atoms with E-state index in [1.165, 1.54) is 24.1 Å². The van der Waals surface area contributed by atoms with E-state index >= 15 is 0 Å². The highest BCUT2D eigenvalue weighted by molar-refractivity contribution is 7.95. The first-order valence-corrected chi connectivity index (χ1v) is 7.39. The molecular formula is C12H18N2O2S2. The Hall–Kier alpha value is -0.690. The zero-order chi connectivity index (χ0) is 13.1. The molecule has 1 atom stereocenters. The lowest BCUT2D eigenvalue weighted by molar-refractivity contribution is 0.149. The van der Waals surface area contributed by atoms with E-state index in [-0.39, 0.29) is 6.10 Å². The molecule has 1 heterocycles. The second-order valence-electron chi connectivity index (χ2n) is 3.41. The molecule has 0 aromatic carbocycles. The average Bonchev–Trinajstić information content (AvgIpc) is 2.87. The molecule has 0 aliphatic carbocycles. The lowest BCUT2D eigenvalue weighted by atomic mass is 10.4.